The summed E-state index contributed by atoms with van der Waals surface area (Å²) >= 11 is 0. The lowest BCUT2D eigenvalue weighted by atomic mass is 9.95. The molecule has 1 aliphatic heterocycles. The van der Waals surface area contributed by atoms with Gasteiger partial charge in [0.2, 0.25) is 0 Å². The number of piperidine rings is 1. The lowest BCUT2D eigenvalue weighted by Crippen LogP contribution is -2.52. The second-order valence-electron chi connectivity index (χ2n) is 11.8. The number of unbranched alkanes of at least 4 members (excludes halogenated alkanes) is 2. The van der Waals surface area contributed by atoms with E-state index in [1.54, 1.807) is 0 Å². The molecule has 0 spiro atoms. The second-order valence-corrected chi connectivity index (χ2v) is 15.7. The number of allylic oxidation sites excluding steroid dienone is 4. The highest BCUT2D eigenvalue weighted by molar-refractivity contribution is 8.01. The van der Waals surface area contributed by atoms with Crippen molar-refractivity contribution in [1.82, 2.24) is 0 Å². The highest BCUT2D eigenvalue weighted by atomic mass is 32.2. The Morgan fingerprint density at radius 3 is 1.65 bits per heavy atom. The van der Waals surface area contributed by atoms with Gasteiger partial charge in [0.15, 0.2) is 0 Å². The van der Waals surface area contributed by atoms with Crippen molar-refractivity contribution in [1.29, 1.82) is 5.41 Å². The van der Waals surface area contributed by atoms with Gasteiger partial charge in [0.05, 0.1) is 36.8 Å². The van der Waals surface area contributed by atoms with Crippen molar-refractivity contribution in [3.63, 3.8) is 0 Å². The van der Waals surface area contributed by atoms with Crippen LogP contribution in [0.3, 0.4) is 0 Å². The minimum absolute atomic E-state index is 0.0223. The zero-order valence-corrected chi connectivity index (χ0v) is 27.6. The number of hydrogen-bond acceptors (Lipinski definition) is 5. The molecule has 1 saturated heterocycles. The van der Waals surface area contributed by atoms with E-state index in [2.05, 4.69) is 13.8 Å². The minimum Gasteiger partial charge on any atom is -0.324 e. The zero-order chi connectivity index (χ0) is 36.6. The first-order valence-corrected chi connectivity index (χ1v) is 18.0. The maximum absolute atomic E-state index is 13.9. The number of hydrogen-bond donors (Lipinski definition) is 1. The van der Waals surface area contributed by atoms with E-state index >= 15 is 0 Å². The Morgan fingerprint density at radius 2 is 1.17 bits per heavy atom. The molecule has 3 aliphatic rings. The summed E-state index contributed by atoms with van der Waals surface area (Å²) in [6.45, 7) is 10.5. The Kier molecular flexibility index (Phi) is 11.5. The molecule has 1 aromatic carbocycles. The zero-order valence-electron chi connectivity index (χ0n) is 25.9. The third-order valence-electron chi connectivity index (χ3n) is 8.47. The average Bonchev–Trinajstić information content (AvgIpc) is 3.37. The largest absolute Gasteiger partial charge is 0.469 e. The molecule has 4 rings (SSSR count). The van der Waals surface area contributed by atoms with Crippen LogP contribution < -0.4 is 0 Å². The molecule has 1 N–H and O–H groups in total. The van der Waals surface area contributed by atoms with Crippen LogP contribution in [0.15, 0.2) is 45.7 Å². The topological polar surface area (TPSA) is 92.1 Å². The lowest BCUT2D eigenvalue weighted by molar-refractivity contribution is -0.932. The van der Waals surface area contributed by atoms with E-state index in [1.807, 2.05) is 0 Å². The van der Waals surface area contributed by atoms with Gasteiger partial charge >= 0.3 is 22.9 Å². The molecule has 0 bridgehead atoms. The van der Waals surface area contributed by atoms with Crippen molar-refractivity contribution in [3.8, 4) is 0 Å². The fraction of sp³-hybridized carbons (Fsp3) is 0.567. The number of benzene rings is 1. The number of sulfone groups is 2. The molecule has 1 aromatic rings. The second kappa shape index (κ2) is 13.9. The monoisotopic (exact) mass is 741 g/mol. The van der Waals surface area contributed by atoms with Crippen LogP contribution in [0.2, 0.25) is 0 Å². The molecule has 1 fully saturated rings. The van der Waals surface area contributed by atoms with Crippen LogP contribution in [0.4, 0.5) is 43.9 Å². The van der Waals surface area contributed by atoms with E-state index in [0.29, 0.717) is 0 Å². The third-order valence-corrected chi connectivity index (χ3v) is 12.3. The number of fused-ring (bicyclic) bond motifs is 3. The quantitative estimate of drug-likeness (QED) is 0.193. The van der Waals surface area contributed by atoms with Crippen molar-refractivity contribution < 1.29 is 65.2 Å². The van der Waals surface area contributed by atoms with Crippen molar-refractivity contribution in [2.75, 3.05) is 26.2 Å². The SMILES string of the molecule is CCCC[N+]1(CCCC)CCCCC1.N=C1C2=Cc3ccccc3C2=CC(S(=O)(=O)C(F)(F)C(F)(F)F)=C1S(=O)(=O)C(F)(F)C(F)(F)F. The number of likely N-dealkylation sites (tertiary alicyclic amines) is 1. The molecular formula is C30H35F10N2O4S2+. The Balaban J connectivity index is 0.000000373. The molecule has 0 radical (unpaired) electrons. The fourth-order valence-corrected chi connectivity index (χ4v) is 8.94. The molecule has 2 aliphatic carbocycles. The number of alkyl halides is 10. The van der Waals surface area contributed by atoms with Gasteiger partial charge in [-0.2, -0.15) is 43.9 Å². The number of halogens is 10. The smallest absolute Gasteiger partial charge is 0.324 e. The summed E-state index contributed by atoms with van der Waals surface area (Å²) < 4.78 is 183. The maximum Gasteiger partial charge on any atom is 0.469 e. The molecule has 1 heterocycles. The predicted molar refractivity (Wildman–Crippen MR) is 160 cm³/mol. The first-order valence-electron chi connectivity index (χ1n) is 15.0. The maximum atomic E-state index is 13.9. The van der Waals surface area contributed by atoms with Crippen molar-refractivity contribution in [3.05, 3.63) is 56.9 Å². The standard InChI is InChI=1S/C17H7F10NO4S2.C13H28N/c18-14(19,20)16(24,25)33(29,30)11-6-9-8-4-2-1-3-7(8)5-10(9)12(28)13(11)34(31,32)17(26,27)15(21,22)23;1-3-5-10-14(11-6-4-2)12-8-7-9-13-14/h1-6,28H;3-13H2,1-2H3/q;+1. The van der Waals surface area contributed by atoms with Crippen LogP contribution in [-0.4, -0.2) is 76.1 Å². The first-order chi connectivity index (χ1) is 21.9. The van der Waals surface area contributed by atoms with E-state index < -0.39 is 69.2 Å². The number of nitrogens with zero attached hydrogens (tertiary/aromatic N) is 1. The molecule has 18 heteroatoms. The van der Waals surface area contributed by atoms with Gasteiger partial charge in [0.1, 0.15) is 4.91 Å². The summed E-state index contributed by atoms with van der Waals surface area (Å²) in [6, 6.07) is 4.95. The molecule has 270 valence electrons. The van der Waals surface area contributed by atoms with Crippen molar-refractivity contribution >= 4 is 37.0 Å². The van der Waals surface area contributed by atoms with Gasteiger partial charge in [-0.3, -0.25) is 5.41 Å². The van der Waals surface area contributed by atoms with Gasteiger partial charge in [-0.25, -0.2) is 16.8 Å². The number of rotatable bonds is 10. The Bertz CT molecular complexity index is 1690. The summed E-state index contributed by atoms with van der Waals surface area (Å²) in [5.41, 5.74) is -3.48. The predicted octanol–water partition coefficient (Wildman–Crippen LogP) is 8.44. The van der Waals surface area contributed by atoms with Crippen molar-refractivity contribution in [2.45, 2.75) is 81.7 Å². The summed E-state index contributed by atoms with van der Waals surface area (Å²) in [7, 11) is -14.7. The Labute approximate surface area is 272 Å². The Morgan fingerprint density at radius 1 is 0.688 bits per heavy atom. The van der Waals surface area contributed by atoms with Gasteiger partial charge < -0.3 is 4.48 Å². The van der Waals surface area contributed by atoms with E-state index in [1.165, 1.54) is 93.8 Å². The average molecular weight is 742 g/mol. The lowest BCUT2D eigenvalue weighted by Gasteiger charge is -2.41. The highest BCUT2D eigenvalue weighted by Crippen LogP contribution is 2.52. The van der Waals surface area contributed by atoms with E-state index in [9.17, 15) is 60.7 Å². The van der Waals surface area contributed by atoms with Crippen molar-refractivity contribution in [2.24, 2.45) is 0 Å². The number of nitrogens with one attached hydrogen (secondary N) is 1. The van der Waals surface area contributed by atoms with E-state index in [0.717, 1.165) is 12.1 Å². The summed E-state index contributed by atoms with van der Waals surface area (Å²) in [5.74, 6) is 0. The van der Waals surface area contributed by atoms with E-state index in [4.69, 9.17) is 5.41 Å². The summed E-state index contributed by atoms with van der Waals surface area (Å²) in [6.07, 6.45) is -3.17. The summed E-state index contributed by atoms with van der Waals surface area (Å²) in [4.78, 5) is -5.57. The van der Waals surface area contributed by atoms with Crippen LogP contribution in [0.5, 0.6) is 0 Å². The molecule has 48 heavy (non-hydrogen) atoms. The molecular weight excluding hydrogens is 706 g/mol. The van der Waals surface area contributed by atoms with Gasteiger partial charge in [-0.1, -0.05) is 51.0 Å². The minimum atomic E-state index is -7.40. The summed E-state index contributed by atoms with van der Waals surface area (Å²) in [5, 5.41) is -5.85. The van der Waals surface area contributed by atoms with Gasteiger partial charge in [0, 0.05) is 5.57 Å². The molecule has 0 amide bonds. The van der Waals surface area contributed by atoms with Crippen LogP contribution in [0, 0.1) is 5.41 Å². The fourth-order valence-electron chi connectivity index (χ4n) is 5.82. The van der Waals surface area contributed by atoms with E-state index in [-0.39, 0.29) is 17.2 Å². The highest BCUT2D eigenvalue weighted by Gasteiger charge is 2.72. The molecule has 0 saturated carbocycles. The molecule has 0 aromatic heterocycles. The number of quaternary nitrogens is 1. The molecule has 6 nitrogen and oxygen atoms in total. The van der Waals surface area contributed by atoms with Crippen LogP contribution in [0.25, 0.3) is 11.6 Å². The van der Waals surface area contributed by atoms with Gasteiger partial charge in [-0.05, 0) is 61.0 Å². The molecule has 0 unspecified atom stereocenters. The van der Waals surface area contributed by atoms with Crippen LogP contribution >= 0.6 is 0 Å². The van der Waals surface area contributed by atoms with Crippen LogP contribution in [-0.2, 0) is 19.7 Å². The normalized spacial score (nSPS) is 18.8. The van der Waals surface area contributed by atoms with Crippen LogP contribution in [0.1, 0.15) is 69.9 Å². The van der Waals surface area contributed by atoms with Gasteiger partial charge in [-0.15, -0.1) is 0 Å². The first kappa shape index (κ1) is 39.7. The molecule has 0 atom stereocenters. The third kappa shape index (κ3) is 7.11. The van der Waals surface area contributed by atoms with Gasteiger partial charge in [0.25, 0.3) is 19.7 Å². The Hall–Kier alpha value is -2.73.